The molecule has 0 saturated heterocycles. The van der Waals surface area contributed by atoms with Gasteiger partial charge in [-0.25, -0.2) is 0 Å². The Morgan fingerprint density at radius 3 is 0.667 bits per heavy atom. The van der Waals surface area contributed by atoms with Crippen LogP contribution in [-0.4, -0.2) is 0 Å². The first-order chi connectivity index (χ1) is 0. The first kappa shape index (κ1) is 139. The van der Waals surface area contributed by atoms with E-state index in [1.54, 1.807) is 0 Å². The smallest absolute Gasteiger partial charge is 2.00 e. The van der Waals surface area contributed by atoms with Crippen molar-refractivity contribution < 1.29 is 69.5 Å². The van der Waals surface area contributed by atoms with Crippen LogP contribution in [0.15, 0.2) is 0 Å². The molecule has 3 nitrogen and oxygen atoms in total. The second kappa shape index (κ2) is 86.2. The van der Waals surface area contributed by atoms with E-state index >= 15 is 0 Å². The van der Waals surface area contributed by atoms with Crippen molar-refractivity contribution in [3.8, 4) is 0 Å². The van der Waals surface area contributed by atoms with Gasteiger partial charge in [-0.1, -0.05) is 0 Å². The molecule has 0 fully saturated rings. The average Bonchev–Trinajstić information content (AvgIpc) is 0. The molecule has 0 saturated carbocycles. The van der Waals surface area contributed by atoms with Gasteiger partial charge in [-0.2, -0.15) is 0 Å². The molecule has 1 radical (unpaired) electrons. The van der Waals surface area contributed by atoms with Crippen LogP contribution >= 0.6 is 0 Å². The van der Waals surface area contributed by atoms with Crippen LogP contribution in [0, 0.1) is 0 Å². The van der Waals surface area contributed by atoms with Gasteiger partial charge in [-0.15, -0.1) is 0 Å². The van der Waals surface area contributed by atoms with Crippen molar-refractivity contribution in [3.63, 3.8) is 0 Å². The molecule has 0 aliphatic heterocycles. The summed E-state index contributed by atoms with van der Waals surface area (Å²) in [6, 6.07) is 0. The summed E-state index contributed by atoms with van der Waals surface area (Å²) >= 11 is 0. The number of hydrogen-bond acceptors (Lipinski definition) is 0. The molecule has 0 atom stereocenters. The zero-order chi connectivity index (χ0) is 0. The summed E-state index contributed by atoms with van der Waals surface area (Å²) in [6.45, 7) is 0. The minimum atomic E-state index is 0. The summed E-state index contributed by atoms with van der Waals surface area (Å²) in [6.07, 6.45) is 0. The van der Waals surface area contributed by atoms with Crippen LogP contribution in [0.25, 0.3) is 0 Å². The monoisotopic (exact) mass is 225 g/mol. The number of hydrogen-bond donors (Lipinski definition) is 0. The minimum absolute atomic E-state index is 0. The largest absolute Gasteiger partial charge is 2.00 e. The van der Waals surface area contributed by atoms with E-state index in [1.165, 1.54) is 0 Å². The maximum Gasteiger partial charge on any atom is 2.00 e. The predicted octanol–water partition coefficient (Wildman–Crippen LogP) is -0.364. The molecule has 0 spiro atoms. The quantitative estimate of drug-likeness (QED) is 0.506. The molecule has 6 heavy (non-hydrogen) atoms. The Morgan fingerprint density at radius 1 is 0.667 bits per heavy atom. The third kappa shape index (κ3) is 48.9. The molecular weight excluding hydrogens is 227 g/mol. The fourth-order valence-corrected chi connectivity index (χ4v) is 0. The van der Waals surface area contributed by atoms with Crippen molar-refractivity contribution in [1.29, 1.82) is 0 Å². The van der Waals surface area contributed by atoms with E-state index in [1.807, 2.05) is 0 Å². The molecule has 0 N–H and O–H groups in total. The third-order valence-electron chi connectivity index (χ3n) is 0. The summed E-state index contributed by atoms with van der Waals surface area (Å²) in [4.78, 5) is 0. The van der Waals surface area contributed by atoms with E-state index in [2.05, 4.69) is 0 Å². The molecule has 0 rings (SSSR count). The van der Waals surface area contributed by atoms with Crippen molar-refractivity contribution in [2.75, 3.05) is 0 Å². The normalized spacial score (nSPS) is 0. The fourth-order valence-electron chi connectivity index (χ4n) is 0. The molecule has 0 aromatic heterocycles. The molecule has 0 aromatic rings. The van der Waals surface area contributed by atoms with Gasteiger partial charge in [0.2, 0.25) is 0 Å². The standard InChI is InChI=1S/Mn.Ni.3O.Zn/q2*+2;3*-2;+2. The van der Waals surface area contributed by atoms with Crippen LogP contribution in [0.4, 0.5) is 0 Å². The van der Waals surface area contributed by atoms with Crippen molar-refractivity contribution >= 4 is 0 Å². The molecule has 0 aliphatic rings. The Morgan fingerprint density at radius 2 is 0.667 bits per heavy atom. The number of rotatable bonds is 0. The fraction of sp³-hybridized carbons (Fsp3) is 0. The predicted molar refractivity (Wildman–Crippen MR) is 2.06 cm³/mol. The summed E-state index contributed by atoms with van der Waals surface area (Å²) < 4.78 is 0. The zero-order valence-electron chi connectivity index (χ0n) is 2.63. The van der Waals surface area contributed by atoms with Crippen LogP contribution in [-0.2, 0) is 69.5 Å². The molecule has 0 aliphatic carbocycles. The van der Waals surface area contributed by atoms with E-state index < -0.39 is 0 Å². The van der Waals surface area contributed by atoms with Gasteiger partial charge in [-0.3, -0.25) is 0 Å². The molecule has 0 unspecified atom stereocenters. The van der Waals surface area contributed by atoms with Gasteiger partial charge in [0.15, 0.2) is 0 Å². The summed E-state index contributed by atoms with van der Waals surface area (Å²) in [7, 11) is 0. The molecular formula is MnNiO3Zn. The van der Waals surface area contributed by atoms with Gasteiger partial charge >= 0.3 is 53.0 Å². The van der Waals surface area contributed by atoms with Gasteiger partial charge < -0.3 is 16.4 Å². The zero-order valence-corrected chi connectivity index (χ0v) is 7.76. The Kier molecular flexibility index (Phi) is 2000. The first-order valence-corrected chi connectivity index (χ1v) is 0. The maximum absolute atomic E-state index is 0. The van der Waals surface area contributed by atoms with Crippen molar-refractivity contribution in [3.05, 3.63) is 0 Å². The van der Waals surface area contributed by atoms with E-state index in [4.69, 9.17) is 0 Å². The Labute approximate surface area is 69.3 Å². The van der Waals surface area contributed by atoms with E-state index in [9.17, 15) is 0 Å². The van der Waals surface area contributed by atoms with Gasteiger partial charge in [0, 0.05) is 0 Å². The first-order valence-electron chi connectivity index (χ1n) is 0. The molecule has 0 bridgehead atoms. The summed E-state index contributed by atoms with van der Waals surface area (Å²) in [5, 5.41) is 0. The average molecular weight is 227 g/mol. The van der Waals surface area contributed by atoms with Gasteiger partial charge in [0.05, 0.1) is 0 Å². The second-order valence-electron chi connectivity index (χ2n) is 0. The third-order valence-corrected chi connectivity index (χ3v) is 0. The van der Waals surface area contributed by atoms with Crippen LogP contribution in [0.2, 0.25) is 0 Å². The summed E-state index contributed by atoms with van der Waals surface area (Å²) in [5.74, 6) is 0. The topological polar surface area (TPSA) is 85.5 Å². The Hall–Kier alpha value is 1.52. The van der Waals surface area contributed by atoms with Crippen molar-refractivity contribution in [2.45, 2.75) is 0 Å². The molecule has 0 heterocycles. The van der Waals surface area contributed by atoms with Crippen LogP contribution < -0.4 is 0 Å². The van der Waals surface area contributed by atoms with Gasteiger partial charge in [0.25, 0.3) is 0 Å². The van der Waals surface area contributed by atoms with Crippen molar-refractivity contribution in [1.82, 2.24) is 0 Å². The Bertz CT molecular complexity index is 10.8. The van der Waals surface area contributed by atoms with Crippen LogP contribution in [0.5, 0.6) is 0 Å². The van der Waals surface area contributed by atoms with Gasteiger partial charge in [0.1, 0.15) is 0 Å². The molecule has 0 aromatic carbocycles. The maximum atomic E-state index is 0. The van der Waals surface area contributed by atoms with E-state index in [0.29, 0.717) is 0 Å². The second-order valence-corrected chi connectivity index (χ2v) is 0. The van der Waals surface area contributed by atoms with Crippen LogP contribution in [0.1, 0.15) is 0 Å². The molecule has 37 valence electrons. The van der Waals surface area contributed by atoms with E-state index in [-0.39, 0.29) is 69.5 Å². The minimum Gasteiger partial charge on any atom is -2.00 e. The van der Waals surface area contributed by atoms with E-state index in [0.717, 1.165) is 0 Å². The van der Waals surface area contributed by atoms with Crippen molar-refractivity contribution in [2.24, 2.45) is 0 Å². The van der Waals surface area contributed by atoms with Gasteiger partial charge in [-0.05, 0) is 0 Å². The Balaban J connectivity index is 0. The molecule has 6 heteroatoms. The van der Waals surface area contributed by atoms with Crippen LogP contribution in [0.3, 0.4) is 0 Å². The SMILES string of the molecule is [Mn+2].[Ni+2].[O-2].[O-2].[O-2].[Zn+2]. The molecule has 0 amide bonds. The summed E-state index contributed by atoms with van der Waals surface area (Å²) in [5.41, 5.74) is 0.